The molecule has 0 radical (unpaired) electrons. The van der Waals surface area contributed by atoms with Gasteiger partial charge in [0.1, 0.15) is 6.10 Å². The third-order valence-corrected chi connectivity index (χ3v) is 7.13. The molecule has 2 rings (SSSR count). The Bertz CT molecular complexity index is 699. The van der Waals surface area contributed by atoms with Gasteiger partial charge in [0.25, 0.3) is 0 Å². The fourth-order valence-corrected chi connectivity index (χ4v) is 4.84. The average molecular weight is 523 g/mol. The summed E-state index contributed by atoms with van der Waals surface area (Å²) in [5.74, 6) is -1.84. The van der Waals surface area contributed by atoms with Gasteiger partial charge in [-0.1, -0.05) is 38.2 Å². The van der Waals surface area contributed by atoms with Crippen molar-refractivity contribution in [3.05, 3.63) is 11.6 Å². The summed E-state index contributed by atoms with van der Waals surface area (Å²) in [7, 11) is 0. The molecule has 2 saturated heterocycles. The van der Waals surface area contributed by atoms with Gasteiger partial charge in [0.2, 0.25) is 0 Å². The summed E-state index contributed by atoms with van der Waals surface area (Å²) >= 11 is 0. The van der Waals surface area contributed by atoms with E-state index in [1.54, 1.807) is 13.8 Å². The van der Waals surface area contributed by atoms with Crippen LogP contribution >= 0.6 is 0 Å². The monoisotopic (exact) mass is 522 g/mol. The molecule has 0 aliphatic carbocycles. The number of rotatable bonds is 14. The van der Waals surface area contributed by atoms with Gasteiger partial charge in [-0.15, -0.1) is 0 Å². The number of aliphatic hydroxyl groups is 3. The van der Waals surface area contributed by atoms with Crippen molar-refractivity contribution < 1.29 is 73.8 Å². The van der Waals surface area contributed by atoms with Crippen molar-refractivity contribution in [1.29, 1.82) is 0 Å². The number of carbonyl (C=O) groups is 2. The van der Waals surface area contributed by atoms with Crippen LogP contribution in [-0.4, -0.2) is 77.1 Å². The van der Waals surface area contributed by atoms with Crippen LogP contribution in [0.1, 0.15) is 78.6 Å². The molecular weight excluding hydrogens is 479 g/mol. The Balaban J connectivity index is 0.00000648. The number of hydrogen-bond donors (Lipinski definition) is 3. The van der Waals surface area contributed by atoms with Crippen LogP contribution in [0.5, 0.6) is 0 Å². The first-order valence-corrected chi connectivity index (χ1v) is 12.9. The second-order valence-electron chi connectivity index (χ2n) is 10.2. The molecule has 3 N–H and O–H groups in total. The van der Waals surface area contributed by atoms with Gasteiger partial charge in [0.15, 0.2) is 0 Å². The molecule has 0 saturated carbocycles. The van der Waals surface area contributed by atoms with E-state index in [1.807, 2.05) is 6.92 Å². The average Bonchev–Trinajstić information content (AvgIpc) is 2.78. The molecule has 2 fully saturated rings. The second kappa shape index (κ2) is 17.1. The predicted molar refractivity (Wildman–Crippen MR) is 126 cm³/mol. The molecule has 0 spiro atoms. The van der Waals surface area contributed by atoms with Crippen molar-refractivity contribution in [2.24, 2.45) is 11.8 Å². The number of aliphatic carboxylic acids is 1. The smallest absolute Gasteiger partial charge is 0.550 e. The Hall–Kier alpha value is -0.520. The molecule has 10 heteroatoms. The van der Waals surface area contributed by atoms with Crippen LogP contribution in [0.3, 0.4) is 0 Å². The molecule has 0 aromatic heterocycles. The van der Waals surface area contributed by atoms with Crippen LogP contribution in [0.4, 0.5) is 0 Å². The topological polar surface area (TPSA) is 146 Å². The molecule has 0 bridgehead atoms. The van der Waals surface area contributed by atoms with E-state index in [2.05, 4.69) is 0 Å². The van der Waals surface area contributed by atoms with Crippen molar-refractivity contribution in [3.63, 3.8) is 0 Å². The number of unbranched alkanes of at least 4 members (excludes halogenated alkanes) is 5. The summed E-state index contributed by atoms with van der Waals surface area (Å²) in [4.78, 5) is 22.5. The minimum atomic E-state index is -1.01. The maximum Gasteiger partial charge on any atom is 1.00 e. The standard InChI is InChI=1S/C26H44O9.Na/c1-16(13-23(31)33-11-9-7-5-4-6-8-10-22(29)30)12-21-24(32)26-19(15-34-21)14-20(28)25(35-26)17(2)18(3)27;/h13,17-21,24-28,32H,4-12,14-15H2,1-3H3,(H,29,30);/q;+1/p-1/t17-,18-,19-,20-,21-,24-,25+,26+;/m0./s1. The van der Waals surface area contributed by atoms with E-state index < -0.39 is 48.6 Å². The number of esters is 1. The van der Waals surface area contributed by atoms with Crippen LogP contribution in [-0.2, 0) is 23.8 Å². The number of carboxylic acid groups (broad SMARTS) is 1. The Morgan fingerprint density at radius 1 is 1.11 bits per heavy atom. The predicted octanol–water partition coefficient (Wildman–Crippen LogP) is -1.74. The van der Waals surface area contributed by atoms with Crippen molar-refractivity contribution in [2.45, 2.75) is 115 Å². The van der Waals surface area contributed by atoms with Crippen LogP contribution in [0.2, 0.25) is 0 Å². The van der Waals surface area contributed by atoms with Crippen LogP contribution in [0, 0.1) is 11.8 Å². The molecule has 2 aliphatic heterocycles. The Morgan fingerprint density at radius 2 is 1.75 bits per heavy atom. The molecule has 0 aromatic carbocycles. The van der Waals surface area contributed by atoms with Crippen LogP contribution < -0.4 is 34.7 Å². The Labute approximate surface area is 236 Å². The summed E-state index contributed by atoms with van der Waals surface area (Å²) in [6.07, 6.45) is 3.54. The van der Waals surface area contributed by atoms with E-state index in [9.17, 15) is 30.0 Å². The zero-order valence-corrected chi connectivity index (χ0v) is 24.3. The summed E-state index contributed by atoms with van der Waals surface area (Å²) in [5, 5.41) is 41.6. The summed E-state index contributed by atoms with van der Waals surface area (Å²) in [6, 6.07) is 0. The van der Waals surface area contributed by atoms with E-state index in [4.69, 9.17) is 14.2 Å². The SMILES string of the molecule is CC(=CC(=O)OCCCCCCCCC(=O)[O-])C[C@@H]1OC[C@@H]2C[C@H](O)[C@@H]([C@@H](C)[C@H](C)O)O[C@H]2[C@H]1O.[Na+]. The number of hydrogen-bond acceptors (Lipinski definition) is 9. The first-order chi connectivity index (χ1) is 16.6. The maximum absolute atomic E-state index is 12.1. The maximum atomic E-state index is 12.1. The molecule has 9 nitrogen and oxygen atoms in total. The molecule has 0 unspecified atom stereocenters. The molecule has 2 heterocycles. The third-order valence-electron chi connectivity index (χ3n) is 7.13. The Morgan fingerprint density at radius 3 is 2.39 bits per heavy atom. The summed E-state index contributed by atoms with van der Waals surface area (Å²) < 4.78 is 17.2. The van der Waals surface area contributed by atoms with E-state index in [0.717, 1.165) is 37.7 Å². The van der Waals surface area contributed by atoms with Gasteiger partial charge in [0, 0.05) is 23.9 Å². The van der Waals surface area contributed by atoms with Gasteiger partial charge in [-0.3, -0.25) is 0 Å². The first kappa shape index (κ1) is 33.5. The zero-order chi connectivity index (χ0) is 26.0. The fraction of sp³-hybridized carbons (Fsp3) is 0.846. The quantitative estimate of drug-likeness (QED) is 0.105. The van der Waals surface area contributed by atoms with Crippen molar-refractivity contribution in [2.75, 3.05) is 13.2 Å². The number of carbonyl (C=O) groups excluding carboxylic acids is 2. The molecular formula is C26H43NaO9. The van der Waals surface area contributed by atoms with Gasteiger partial charge >= 0.3 is 35.5 Å². The van der Waals surface area contributed by atoms with Gasteiger partial charge in [-0.25, -0.2) is 4.79 Å². The molecule has 202 valence electrons. The zero-order valence-electron chi connectivity index (χ0n) is 22.3. The number of carboxylic acids is 1. The number of fused-ring (bicyclic) bond motifs is 1. The molecule has 0 aromatic rings. The van der Waals surface area contributed by atoms with E-state index >= 15 is 0 Å². The summed E-state index contributed by atoms with van der Waals surface area (Å²) in [6.45, 7) is 5.95. The van der Waals surface area contributed by atoms with E-state index in [0.29, 0.717) is 32.5 Å². The van der Waals surface area contributed by atoms with Gasteiger partial charge in [-0.2, -0.15) is 0 Å². The normalized spacial score (nSPS) is 30.0. The minimum absolute atomic E-state index is 0. The van der Waals surface area contributed by atoms with Gasteiger partial charge in [0.05, 0.1) is 43.7 Å². The Kier molecular flexibility index (Phi) is 16.0. The number of ether oxygens (including phenoxy) is 3. The largest absolute Gasteiger partial charge is 1.00 e. The molecule has 2 aliphatic rings. The second-order valence-corrected chi connectivity index (χ2v) is 10.2. The van der Waals surface area contributed by atoms with Crippen molar-refractivity contribution in [1.82, 2.24) is 0 Å². The van der Waals surface area contributed by atoms with E-state index in [-0.39, 0.29) is 47.8 Å². The van der Waals surface area contributed by atoms with E-state index in [1.165, 1.54) is 6.08 Å². The van der Waals surface area contributed by atoms with Crippen LogP contribution in [0.25, 0.3) is 0 Å². The minimum Gasteiger partial charge on any atom is -0.550 e. The van der Waals surface area contributed by atoms with Crippen molar-refractivity contribution >= 4 is 11.9 Å². The van der Waals surface area contributed by atoms with Crippen LogP contribution in [0.15, 0.2) is 11.6 Å². The van der Waals surface area contributed by atoms with Gasteiger partial charge in [-0.05, 0) is 46.0 Å². The number of aliphatic hydroxyl groups excluding tert-OH is 3. The molecule has 36 heavy (non-hydrogen) atoms. The van der Waals surface area contributed by atoms with Gasteiger partial charge < -0.3 is 39.4 Å². The molecule has 0 amide bonds. The third kappa shape index (κ3) is 11.1. The molecule has 8 atom stereocenters. The summed E-state index contributed by atoms with van der Waals surface area (Å²) in [5.41, 5.74) is 0.732. The van der Waals surface area contributed by atoms with Crippen molar-refractivity contribution in [3.8, 4) is 0 Å². The first-order valence-electron chi connectivity index (χ1n) is 12.9. The fourth-order valence-electron chi connectivity index (χ4n) is 4.84.